The molecule has 0 fully saturated rings. The second kappa shape index (κ2) is 23.1. The van der Waals surface area contributed by atoms with Crippen molar-refractivity contribution in [3.8, 4) is 0 Å². The lowest BCUT2D eigenvalue weighted by atomic mass is 9.83. The van der Waals surface area contributed by atoms with E-state index in [1.54, 1.807) is 0 Å². The molecule has 0 aromatic rings. The third-order valence-electron chi connectivity index (χ3n) is 7.27. The van der Waals surface area contributed by atoms with Gasteiger partial charge in [0.15, 0.2) is 0 Å². The van der Waals surface area contributed by atoms with Gasteiger partial charge < -0.3 is 9.47 Å². The quantitative estimate of drug-likeness (QED) is 0.0810. The molecule has 1 rings (SSSR count). The molecule has 2 atom stereocenters. The van der Waals surface area contributed by atoms with E-state index in [9.17, 15) is 9.59 Å². The third kappa shape index (κ3) is 16.9. The summed E-state index contributed by atoms with van der Waals surface area (Å²) in [4.78, 5) is 25.0. The molecule has 0 aromatic heterocycles. The van der Waals surface area contributed by atoms with Gasteiger partial charge >= 0.3 is 11.9 Å². The summed E-state index contributed by atoms with van der Waals surface area (Å²) in [6.45, 7) is 5.32. The number of unbranched alkanes of at least 4 members (excludes halogenated alkanes) is 17. The molecule has 2 unspecified atom stereocenters. The fourth-order valence-electron chi connectivity index (χ4n) is 4.90. The second-order valence-corrected chi connectivity index (χ2v) is 10.5. The summed E-state index contributed by atoms with van der Waals surface area (Å²) in [7, 11) is 0. The van der Waals surface area contributed by atoms with E-state index < -0.39 is 0 Å². The van der Waals surface area contributed by atoms with Crippen molar-refractivity contribution in [3.05, 3.63) is 12.2 Å². The van der Waals surface area contributed by atoms with Crippen LogP contribution in [0, 0.1) is 11.8 Å². The van der Waals surface area contributed by atoms with Crippen molar-refractivity contribution >= 4 is 11.9 Å². The highest BCUT2D eigenvalue weighted by Crippen LogP contribution is 2.28. The van der Waals surface area contributed by atoms with Gasteiger partial charge in [-0.25, -0.2) is 0 Å². The summed E-state index contributed by atoms with van der Waals surface area (Å²) in [5.74, 6) is -1.25. The molecule has 0 saturated carbocycles. The fraction of sp³-hybridized carbons (Fsp3) is 0.871. The monoisotopic (exact) mass is 492 g/mol. The summed E-state index contributed by atoms with van der Waals surface area (Å²) in [6, 6.07) is 0. The summed E-state index contributed by atoms with van der Waals surface area (Å²) in [5, 5.41) is 0. The van der Waals surface area contributed by atoms with E-state index in [4.69, 9.17) is 9.47 Å². The highest BCUT2D eigenvalue weighted by Gasteiger charge is 2.36. The van der Waals surface area contributed by atoms with Crippen LogP contribution in [0.1, 0.15) is 149 Å². The Kier molecular flexibility index (Phi) is 20.9. The lowest BCUT2D eigenvalue weighted by molar-refractivity contribution is -0.161. The first-order chi connectivity index (χ1) is 17.2. The smallest absolute Gasteiger partial charge is 0.310 e. The Hall–Kier alpha value is -1.32. The minimum absolute atomic E-state index is 0.231. The molecule has 0 saturated heterocycles. The number of esters is 2. The Balaban J connectivity index is 1.97. The van der Waals surface area contributed by atoms with E-state index in [1.165, 1.54) is 89.9 Å². The standard InChI is InChI=1S/C31H56O4/c1-3-5-7-8-9-10-11-12-13-14-15-16-17-18-19-23-27-35-31(33)29-25-21-20-24-28(29)30(32)34-26-22-6-4-2/h20-21,28-29H,3-19,22-27H2,1-2H3. The van der Waals surface area contributed by atoms with Gasteiger partial charge in [-0.15, -0.1) is 0 Å². The maximum absolute atomic E-state index is 12.6. The number of hydrogen-bond acceptors (Lipinski definition) is 4. The Morgan fingerprint density at radius 1 is 0.514 bits per heavy atom. The Morgan fingerprint density at radius 2 is 0.800 bits per heavy atom. The largest absolute Gasteiger partial charge is 0.465 e. The van der Waals surface area contributed by atoms with Crippen LogP contribution in [-0.4, -0.2) is 25.2 Å². The van der Waals surface area contributed by atoms with Crippen LogP contribution in [0.5, 0.6) is 0 Å². The molecule has 0 N–H and O–H groups in total. The van der Waals surface area contributed by atoms with Crippen LogP contribution < -0.4 is 0 Å². The number of carbonyl (C=O) groups is 2. The van der Waals surface area contributed by atoms with Crippen molar-refractivity contribution < 1.29 is 19.1 Å². The van der Waals surface area contributed by atoms with Gasteiger partial charge in [0.05, 0.1) is 25.0 Å². The van der Waals surface area contributed by atoms with Crippen molar-refractivity contribution in [3.63, 3.8) is 0 Å². The van der Waals surface area contributed by atoms with Gasteiger partial charge in [-0.1, -0.05) is 135 Å². The van der Waals surface area contributed by atoms with Crippen molar-refractivity contribution in [2.24, 2.45) is 11.8 Å². The maximum atomic E-state index is 12.6. The molecule has 0 spiro atoms. The van der Waals surface area contributed by atoms with Crippen molar-refractivity contribution in [2.45, 2.75) is 149 Å². The first kappa shape index (κ1) is 31.7. The summed E-state index contributed by atoms with van der Waals surface area (Å²) < 4.78 is 11.0. The number of rotatable bonds is 23. The predicted molar refractivity (Wildman–Crippen MR) is 146 cm³/mol. The number of ether oxygens (including phenoxy) is 2. The Bertz CT molecular complexity index is 542. The minimum Gasteiger partial charge on any atom is -0.465 e. The van der Waals surface area contributed by atoms with Crippen LogP contribution in [0.2, 0.25) is 0 Å². The zero-order chi connectivity index (χ0) is 25.4. The van der Waals surface area contributed by atoms with Crippen LogP contribution in [0.15, 0.2) is 12.2 Å². The molecular weight excluding hydrogens is 436 g/mol. The van der Waals surface area contributed by atoms with Gasteiger partial charge in [-0.2, -0.15) is 0 Å². The summed E-state index contributed by atoms with van der Waals surface area (Å²) in [5.41, 5.74) is 0. The van der Waals surface area contributed by atoms with E-state index in [-0.39, 0.29) is 23.8 Å². The van der Waals surface area contributed by atoms with Crippen LogP contribution in [-0.2, 0) is 19.1 Å². The second-order valence-electron chi connectivity index (χ2n) is 10.5. The molecule has 4 nitrogen and oxygen atoms in total. The Morgan fingerprint density at radius 3 is 1.17 bits per heavy atom. The molecule has 0 radical (unpaired) electrons. The highest BCUT2D eigenvalue weighted by molar-refractivity contribution is 5.82. The lowest BCUT2D eigenvalue weighted by Gasteiger charge is -2.25. The van der Waals surface area contributed by atoms with Gasteiger partial charge in [-0.05, 0) is 25.7 Å². The Labute approximate surface area is 217 Å². The normalized spacial score (nSPS) is 17.4. The van der Waals surface area contributed by atoms with Crippen molar-refractivity contribution in [1.29, 1.82) is 0 Å². The molecule has 1 aliphatic carbocycles. The third-order valence-corrected chi connectivity index (χ3v) is 7.27. The summed E-state index contributed by atoms with van der Waals surface area (Å²) >= 11 is 0. The maximum Gasteiger partial charge on any atom is 0.310 e. The van der Waals surface area contributed by atoms with Crippen LogP contribution in [0.25, 0.3) is 0 Å². The molecule has 0 heterocycles. The highest BCUT2D eigenvalue weighted by atomic mass is 16.5. The number of allylic oxidation sites excluding steroid dienone is 2. The molecule has 204 valence electrons. The molecule has 4 heteroatoms. The molecule has 0 amide bonds. The van der Waals surface area contributed by atoms with Gasteiger partial charge in [-0.3, -0.25) is 9.59 Å². The van der Waals surface area contributed by atoms with Gasteiger partial charge in [0.2, 0.25) is 0 Å². The minimum atomic E-state index is -0.389. The van der Waals surface area contributed by atoms with Gasteiger partial charge in [0.1, 0.15) is 0 Å². The van der Waals surface area contributed by atoms with E-state index in [0.717, 1.165) is 32.1 Å². The molecule has 0 aromatic carbocycles. The summed E-state index contributed by atoms with van der Waals surface area (Å²) in [6.07, 6.45) is 29.4. The van der Waals surface area contributed by atoms with Gasteiger partial charge in [0, 0.05) is 0 Å². The first-order valence-electron chi connectivity index (χ1n) is 15.2. The molecule has 1 aliphatic rings. The zero-order valence-electron chi connectivity index (χ0n) is 23.2. The van der Waals surface area contributed by atoms with Crippen LogP contribution in [0.3, 0.4) is 0 Å². The van der Waals surface area contributed by atoms with Crippen molar-refractivity contribution in [2.75, 3.05) is 13.2 Å². The lowest BCUT2D eigenvalue weighted by Crippen LogP contribution is -2.34. The molecule has 0 bridgehead atoms. The van der Waals surface area contributed by atoms with E-state index in [0.29, 0.717) is 26.1 Å². The molecule has 0 aliphatic heterocycles. The average Bonchev–Trinajstić information content (AvgIpc) is 2.88. The van der Waals surface area contributed by atoms with E-state index >= 15 is 0 Å². The fourth-order valence-corrected chi connectivity index (χ4v) is 4.90. The molecular formula is C31H56O4. The average molecular weight is 493 g/mol. The van der Waals surface area contributed by atoms with Crippen molar-refractivity contribution in [1.82, 2.24) is 0 Å². The van der Waals surface area contributed by atoms with E-state index in [1.807, 2.05) is 12.2 Å². The SMILES string of the molecule is CCCCCCCCCCCCCCCCCCOC(=O)C1CC=CCC1C(=O)OCCCCC. The van der Waals surface area contributed by atoms with Crippen LogP contribution >= 0.6 is 0 Å². The number of carbonyl (C=O) groups excluding carboxylic acids is 2. The predicted octanol–water partition coefficient (Wildman–Crippen LogP) is 9.11. The number of hydrogen-bond donors (Lipinski definition) is 0. The van der Waals surface area contributed by atoms with Gasteiger partial charge in [0.25, 0.3) is 0 Å². The zero-order valence-corrected chi connectivity index (χ0v) is 23.2. The molecule has 35 heavy (non-hydrogen) atoms. The van der Waals surface area contributed by atoms with Crippen LogP contribution in [0.4, 0.5) is 0 Å². The topological polar surface area (TPSA) is 52.6 Å². The van der Waals surface area contributed by atoms with E-state index in [2.05, 4.69) is 13.8 Å². The first-order valence-corrected chi connectivity index (χ1v) is 15.2.